The maximum atomic E-state index is 12.0. The Morgan fingerprint density at radius 1 is 0.970 bits per heavy atom. The van der Waals surface area contributed by atoms with Crippen LogP contribution < -0.4 is 15.4 Å². The molecule has 2 unspecified atom stereocenters. The molecule has 33 heavy (non-hydrogen) atoms. The van der Waals surface area contributed by atoms with Crippen molar-refractivity contribution in [2.75, 3.05) is 18.5 Å². The number of anilines is 1. The van der Waals surface area contributed by atoms with Crippen molar-refractivity contribution in [2.45, 2.75) is 58.1 Å². The van der Waals surface area contributed by atoms with Gasteiger partial charge in [-0.2, -0.15) is 0 Å². The largest absolute Gasteiger partial charge is 0.490 e. The van der Waals surface area contributed by atoms with E-state index in [4.69, 9.17) is 4.74 Å². The highest BCUT2D eigenvalue weighted by Crippen LogP contribution is 2.25. The Balaban J connectivity index is 1.25. The van der Waals surface area contributed by atoms with Crippen LogP contribution in [0.15, 0.2) is 66.7 Å². The molecule has 0 radical (unpaired) electrons. The third-order valence-electron chi connectivity index (χ3n) is 5.76. The molecule has 0 saturated carbocycles. The second kappa shape index (κ2) is 13.0. The first kappa shape index (κ1) is 24.7. The van der Waals surface area contributed by atoms with E-state index in [0.29, 0.717) is 19.0 Å². The molecule has 2 atom stereocenters. The van der Waals surface area contributed by atoms with Crippen molar-refractivity contribution in [3.8, 4) is 5.75 Å². The van der Waals surface area contributed by atoms with Gasteiger partial charge in [0.05, 0.1) is 0 Å². The summed E-state index contributed by atoms with van der Waals surface area (Å²) in [4.78, 5) is 12.0. The summed E-state index contributed by atoms with van der Waals surface area (Å²) in [7, 11) is 0. The van der Waals surface area contributed by atoms with Crippen molar-refractivity contribution in [1.82, 2.24) is 5.32 Å². The minimum absolute atomic E-state index is 0.0688. The Morgan fingerprint density at radius 3 is 2.55 bits per heavy atom. The minimum atomic E-state index is -0.572. The summed E-state index contributed by atoms with van der Waals surface area (Å²) in [5.41, 5.74) is 2.03. The fourth-order valence-electron chi connectivity index (χ4n) is 3.78. The van der Waals surface area contributed by atoms with Crippen molar-refractivity contribution < 1.29 is 14.6 Å². The summed E-state index contributed by atoms with van der Waals surface area (Å²) in [6, 6.07) is 22.2. The topological polar surface area (TPSA) is 70.6 Å². The monoisotopic (exact) mass is 448 g/mol. The number of carbonyl (C=O) groups excluding carboxylic acids is 1. The number of nitrogens with one attached hydrogen (secondary N) is 2. The van der Waals surface area contributed by atoms with Crippen LogP contribution in [-0.2, 0) is 4.79 Å². The molecule has 3 rings (SSSR count). The summed E-state index contributed by atoms with van der Waals surface area (Å²) >= 11 is 0. The Morgan fingerprint density at radius 2 is 1.73 bits per heavy atom. The van der Waals surface area contributed by atoms with E-state index in [1.807, 2.05) is 61.5 Å². The average Bonchev–Trinajstić information content (AvgIpc) is 2.82. The fourth-order valence-corrected chi connectivity index (χ4v) is 3.78. The molecular formula is C28H36N2O3. The fraction of sp³-hybridized carbons (Fsp3) is 0.393. The molecule has 0 saturated heterocycles. The molecule has 0 bridgehead atoms. The first-order chi connectivity index (χ1) is 16.0. The molecule has 1 amide bonds. The Labute approximate surface area is 197 Å². The number of amides is 1. The van der Waals surface area contributed by atoms with Gasteiger partial charge in [-0.15, -0.1) is 0 Å². The number of hydrogen-bond donors (Lipinski definition) is 3. The predicted molar refractivity (Wildman–Crippen MR) is 136 cm³/mol. The van der Waals surface area contributed by atoms with Crippen LogP contribution in [0.4, 0.5) is 5.69 Å². The quantitative estimate of drug-likeness (QED) is 0.304. The highest BCUT2D eigenvalue weighted by atomic mass is 16.5. The van der Waals surface area contributed by atoms with Gasteiger partial charge in [0.1, 0.15) is 18.5 Å². The molecule has 0 heterocycles. The van der Waals surface area contributed by atoms with Crippen molar-refractivity contribution in [2.24, 2.45) is 0 Å². The molecule has 0 aliphatic heterocycles. The SMILES string of the molecule is Cc1ccc(NC(=O)CCCCCC(C)NCC(O)COc2cccc3ccccc23)cc1. The van der Waals surface area contributed by atoms with E-state index in [-0.39, 0.29) is 12.5 Å². The number of unbranched alkanes of at least 4 members (excludes halogenated alkanes) is 2. The number of hydrogen-bond acceptors (Lipinski definition) is 4. The molecule has 0 aliphatic carbocycles. The highest BCUT2D eigenvalue weighted by molar-refractivity contribution is 5.90. The van der Waals surface area contributed by atoms with Gasteiger partial charge in [-0.1, -0.05) is 66.9 Å². The van der Waals surface area contributed by atoms with Crippen LogP contribution in [0.5, 0.6) is 5.75 Å². The molecule has 5 nitrogen and oxygen atoms in total. The Bertz CT molecular complexity index is 998. The van der Waals surface area contributed by atoms with Gasteiger partial charge in [0.15, 0.2) is 0 Å². The first-order valence-electron chi connectivity index (χ1n) is 11.9. The Hall–Kier alpha value is -2.89. The van der Waals surface area contributed by atoms with E-state index in [9.17, 15) is 9.90 Å². The molecule has 176 valence electrons. The zero-order valence-electron chi connectivity index (χ0n) is 19.7. The van der Waals surface area contributed by atoms with Crippen molar-refractivity contribution >= 4 is 22.4 Å². The molecular weight excluding hydrogens is 412 g/mol. The lowest BCUT2D eigenvalue weighted by atomic mass is 10.1. The summed E-state index contributed by atoms with van der Waals surface area (Å²) in [6.07, 6.45) is 3.92. The predicted octanol–water partition coefficient (Wildman–Crippen LogP) is 5.46. The first-order valence-corrected chi connectivity index (χ1v) is 11.9. The van der Waals surface area contributed by atoms with Crippen molar-refractivity contribution in [1.29, 1.82) is 0 Å². The van der Waals surface area contributed by atoms with Crippen molar-refractivity contribution in [3.63, 3.8) is 0 Å². The number of fused-ring (bicyclic) bond motifs is 1. The molecule has 0 fully saturated rings. The van der Waals surface area contributed by atoms with E-state index in [1.165, 1.54) is 5.56 Å². The lowest BCUT2D eigenvalue weighted by molar-refractivity contribution is -0.116. The number of carbonyl (C=O) groups is 1. The smallest absolute Gasteiger partial charge is 0.224 e. The van der Waals surface area contributed by atoms with Gasteiger partial charge in [-0.05, 0) is 50.3 Å². The lowest BCUT2D eigenvalue weighted by Gasteiger charge is -2.18. The van der Waals surface area contributed by atoms with Crippen LogP contribution in [0.3, 0.4) is 0 Å². The molecule has 0 spiro atoms. The van der Waals surface area contributed by atoms with E-state index in [2.05, 4.69) is 29.7 Å². The van der Waals surface area contributed by atoms with Crippen LogP contribution in [0, 0.1) is 6.92 Å². The average molecular weight is 449 g/mol. The minimum Gasteiger partial charge on any atom is -0.490 e. The standard InChI is InChI=1S/C28H36N2O3/c1-21-15-17-24(18-16-21)30-28(32)14-5-3-4-9-22(2)29-19-25(31)20-33-27-13-8-11-23-10-6-7-12-26(23)27/h6-8,10-13,15-18,22,25,29,31H,3-5,9,14,19-20H2,1-2H3,(H,30,32). The van der Waals surface area contributed by atoms with Crippen LogP contribution in [-0.4, -0.2) is 36.3 Å². The number of rotatable bonds is 13. The van der Waals surface area contributed by atoms with E-state index < -0.39 is 6.10 Å². The summed E-state index contributed by atoms with van der Waals surface area (Å²) in [6.45, 7) is 4.90. The van der Waals surface area contributed by atoms with E-state index in [1.54, 1.807) is 0 Å². The number of ether oxygens (including phenoxy) is 1. The molecule has 0 aliphatic rings. The van der Waals surface area contributed by atoms with Gasteiger partial charge < -0.3 is 20.5 Å². The number of aliphatic hydroxyl groups is 1. The summed E-state index contributed by atoms with van der Waals surface area (Å²) in [5, 5.41) is 18.8. The molecule has 0 aromatic heterocycles. The number of benzene rings is 3. The summed E-state index contributed by atoms with van der Waals surface area (Å²) in [5.74, 6) is 0.867. The molecule has 5 heteroatoms. The maximum Gasteiger partial charge on any atom is 0.224 e. The number of aryl methyl sites for hydroxylation is 1. The zero-order chi connectivity index (χ0) is 23.5. The van der Waals surface area contributed by atoms with Crippen LogP contribution in [0.25, 0.3) is 10.8 Å². The van der Waals surface area contributed by atoms with Gasteiger partial charge in [0.2, 0.25) is 5.91 Å². The lowest BCUT2D eigenvalue weighted by Crippen LogP contribution is -2.36. The molecule has 3 aromatic carbocycles. The second-order valence-electron chi connectivity index (χ2n) is 8.76. The second-order valence-corrected chi connectivity index (χ2v) is 8.76. The van der Waals surface area contributed by atoms with Crippen LogP contribution in [0.2, 0.25) is 0 Å². The molecule has 3 N–H and O–H groups in total. The van der Waals surface area contributed by atoms with Gasteiger partial charge >= 0.3 is 0 Å². The van der Waals surface area contributed by atoms with Gasteiger partial charge in [0, 0.05) is 30.1 Å². The van der Waals surface area contributed by atoms with Gasteiger partial charge in [-0.3, -0.25) is 4.79 Å². The Kier molecular flexibility index (Phi) is 9.73. The third kappa shape index (κ3) is 8.52. The van der Waals surface area contributed by atoms with Crippen LogP contribution >= 0.6 is 0 Å². The van der Waals surface area contributed by atoms with E-state index >= 15 is 0 Å². The number of aliphatic hydroxyl groups excluding tert-OH is 1. The zero-order valence-corrected chi connectivity index (χ0v) is 19.7. The van der Waals surface area contributed by atoms with Gasteiger partial charge in [0.25, 0.3) is 0 Å². The van der Waals surface area contributed by atoms with E-state index in [0.717, 1.165) is 47.9 Å². The van der Waals surface area contributed by atoms with Crippen LogP contribution in [0.1, 0.15) is 44.6 Å². The van der Waals surface area contributed by atoms with Gasteiger partial charge in [-0.25, -0.2) is 0 Å². The third-order valence-corrected chi connectivity index (χ3v) is 5.76. The highest BCUT2D eigenvalue weighted by Gasteiger charge is 2.10. The maximum absolute atomic E-state index is 12.0. The molecule has 3 aromatic rings. The van der Waals surface area contributed by atoms with Crippen molar-refractivity contribution in [3.05, 3.63) is 72.3 Å². The normalized spacial score (nSPS) is 12.9. The summed E-state index contributed by atoms with van der Waals surface area (Å²) < 4.78 is 5.87.